The van der Waals surface area contributed by atoms with Gasteiger partial charge in [-0.05, 0) is 31.5 Å². The molecule has 0 amide bonds. The van der Waals surface area contributed by atoms with Crippen LogP contribution in [0.25, 0.3) is 0 Å². The number of hydrogen-bond donors (Lipinski definition) is 2. The van der Waals surface area contributed by atoms with Gasteiger partial charge in [0.1, 0.15) is 0 Å². The quantitative estimate of drug-likeness (QED) is 0.259. The highest BCUT2D eigenvalue weighted by Crippen LogP contribution is 2.08. The molecular weight excluding hydrogens is 507 g/mol. The molecule has 2 unspecified atom stereocenters. The summed E-state index contributed by atoms with van der Waals surface area (Å²) in [5.41, 5.74) is 2.44. The Bertz CT molecular complexity index is 758. The summed E-state index contributed by atoms with van der Waals surface area (Å²) in [5, 5.41) is 6.62. The van der Waals surface area contributed by atoms with Crippen molar-refractivity contribution < 1.29 is 4.21 Å². The summed E-state index contributed by atoms with van der Waals surface area (Å²) in [4.78, 5) is 6.62. The molecule has 2 N–H and O–H groups in total. The zero-order valence-electron chi connectivity index (χ0n) is 18.2. The molecular formula is C23H35IN4OS. The van der Waals surface area contributed by atoms with Crippen molar-refractivity contribution in [2.24, 2.45) is 4.99 Å². The van der Waals surface area contributed by atoms with Crippen LogP contribution >= 0.6 is 24.0 Å². The second-order valence-electron chi connectivity index (χ2n) is 7.24. The first-order valence-electron chi connectivity index (χ1n) is 10.2. The van der Waals surface area contributed by atoms with E-state index in [4.69, 9.17) is 0 Å². The first-order valence-corrected chi connectivity index (χ1v) is 11.6. The Morgan fingerprint density at radius 2 is 1.57 bits per heavy atom. The number of nitrogens with zero attached hydrogens (tertiary/aromatic N) is 2. The molecule has 0 aliphatic rings. The average molecular weight is 543 g/mol. The number of halogens is 1. The number of aliphatic imine (C=N–C) groups is 1. The van der Waals surface area contributed by atoms with Gasteiger partial charge in [-0.1, -0.05) is 60.7 Å². The highest BCUT2D eigenvalue weighted by atomic mass is 127. The molecule has 166 valence electrons. The normalized spacial score (nSPS) is 13.4. The van der Waals surface area contributed by atoms with Crippen LogP contribution in [0.1, 0.15) is 24.5 Å². The van der Waals surface area contributed by atoms with E-state index in [0.717, 1.165) is 31.0 Å². The summed E-state index contributed by atoms with van der Waals surface area (Å²) in [7, 11) is 3.04. The average Bonchev–Trinajstić information content (AvgIpc) is 2.74. The van der Waals surface area contributed by atoms with Crippen LogP contribution in [0, 0.1) is 0 Å². The van der Waals surface area contributed by atoms with Gasteiger partial charge in [0.15, 0.2) is 5.96 Å². The first-order chi connectivity index (χ1) is 14.1. The maximum Gasteiger partial charge on any atom is 0.191 e. The van der Waals surface area contributed by atoms with Crippen LogP contribution < -0.4 is 10.6 Å². The summed E-state index contributed by atoms with van der Waals surface area (Å²) in [6.45, 7) is 4.67. The Balaban J connectivity index is 0.00000450. The van der Waals surface area contributed by atoms with Gasteiger partial charge in [-0.3, -0.25) is 14.1 Å². The maximum absolute atomic E-state index is 12.2. The number of guanidine groups is 1. The van der Waals surface area contributed by atoms with Crippen LogP contribution in [0.15, 0.2) is 65.7 Å². The molecule has 30 heavy (non-hydrogen) atoms. The SMILES string of the molecule is CN=C(NCCC(C)N(C)Cc1ccccc1)NCCS(=O)Cc1ccccc1.I. The molecule has 2 aromatic carbocycles. The van der Waals surface area contributed by atoms with E-state index in [9.17, 15) is 4.21 Å². The van der Waals surface area contributed by atoms with Crippen LogP contribution in [-0.4, -0.2) is 54.0 Å². The lowest BCUT2D eigenvalue weighted by Crippen LogP contribution is -2.41. The zero-order valence-corrected chi connectivity index (χ0v) is 21.4. The van der Waals surface area contributed by atoms with E-state index in [1.807, 2.05) is 36.4 Å². The summed E-state index contributed by atoms with van der Waals surface area (Å²) in [6.07, 6.45) is 1.02. The summed E-state index contributed by atoms with van der Waals surface area (Å²) in [5.74, 6) is 1.96. The lowest BCUT2D eigenvalue weighted by atomic mass is 10.1. The zero-order chi connectivity index (χ0) is 20.9. The van der Waals surface area contributed by atoms with Gasteiger partial charge in [-0.25, -0.2) is 0 Å². The molecule has 2 atom stereocenters. The van der Waals surface area contributed by atoms with E-state index in [2.05, 4.69) is 58.8 Å². The lowest BCUT2D eigenvalue weighted by molar-refractivity contribution is 0.238. The minimum Gasteiger partial charge on any atom is -0.356 e. The van der Waals surface area contributed by atoms with E-state index < -0.39 is 10.8 Å². The van der Waals surface area contributed by atoms with Gasteiger partial charge < -0.3 is 10.6 Å². The molecule has 7 heteroatoms. The van der Waals surface area contributed by atoms with Gasteiger partial charge in [0, 0.05) is 55.0 Å². The largest absolute Gasteiger partial charge is 0.356 e. The maximum atomic E-state index is 12.2. The van der Waals surface area contributed by atoms with Crippen molar-refractivity contribution in [1.82, 2.24) is 15.5 Å². The van der Waals surface area contributed by atoms with Crippen molar-refractivity contribution >= 4 is 40.7 Å². The van der Waals surface area contributed by atoms with Crippen LogP contribution in [0.4, 0.5) is 0 Å². The second kappa shape index (κ2) is 15.4. The summed E-state index contributed by atoms with van der Waals surface area (Å²) in [6, 6.07) is 21.0. The van der Waals surface area contributed by atoms with Gasteiger partial charge in [0.25, 0.3) is 0 Å². The van der Waals surface area contributed by atoms with E-state index in [1.165, 1.54) is 5.56 Å². The smallest absolute Gasteiger partial charge is 0.191 e. The van der Waals surface area contributed by atoms with Gasteiger partial charge in [-0.2, -0.15) is 0 Å². The number of hydrogen-bond acceptors (Lipinski definition) is 3. The van der Waals surface area contributed by atoms with Gasteiger partial charge in [0.05, 0.1) is 0 Å². The Labute approximate surface area is 201 Å². The van der Waals surface area contributed by atoms with Crippen LogP contribution in [0.5, 0.6) is 0 Å². The van der Waals surface area contributed by atoms with Gasteiger partial charge in [-0.15, -0.1) is 24.0 Å². The standard InChI is InChI=1S/C23H34N4OS.HI/c1-20(27(3)18-21-10-6-4-7-11-21)14-15-25-23(24-2)26-16-17-29(28)19-22-12-8-5-9-13-22;/h4-13,20H,14-19H2,1-3H3,(H2,24,25,26);1H. The van der Waals surface area contributed by atoms with E-state index in [0.29, 0.717) is 24.1 Å². The lowest BCUT2D eigenvalue weighted by Gasteiger charge is -2.25. The van der Waals surface area contributed by atoms with E-state index in [1.54, 1.807) is 7.05 Å². The molecule has 2 aromatic rings. The number of rotatable bonds is 11. The Hall–Kier alpha value is -1.45. The van der Waals surface area contributed by atoms with Crippen LogP contribution in [0.3, 0.4) is 0 Å². The predicted octanol–water partition coefficient (Wildman–Crippen LogP) is 3.63. The molecule has 0 saturated heterocycles. The molecule has 2 rings (SSSR count). The summed E-state index contributed by atoms with van der Waals surface area (Å²) < 4.78 is 12.2. The fourth-order valence-electron chi connectivity index (χ4n) is 2.98. The number of nitrogens with one attached hydrogen (secondary N) is 2. The van der Waals surface area contributed by atoms with E-state index >= 15 is 0 Å². The van der Waals surface area contributed by atoms with Crippen molar-refractivity contribution in [2.45, 2.75) is 31.7 Å². The molecule has 0 spiro atoms. The van der Waals surface area contributed by atoms with Crippen molar-refractivity contribution in [3.63, 3.8) is 0 Å². The topological polar surface area (TPSA) is 56.7 Å². The molecule has 0 saturated carbocycles. The van der Waals surface area contributed by atoms with Gasteiger partial charge in [0.2, 0.25) is 0 Å². The van der Waals surface area contributed by atoms with E-state index in [-0.39, 0.29) is 24.0 Å². The molecule has 0 fully saturated rings. The van der Waals surface area contributed by atoms with Crippen molar-refractivity contribution in [2.75, 3.05) is 32.9 Å². The van der Waals surface area contributed by atoms with Crippen molar-refractivity contribution in [1.29, 1.82) is 0 Å². The Morgan fingerprint density at radius 1 is 1.00 bits per heavy atom. The van der Waals surface area contributed by atoms with Crippen LogP contribution in [-0.2, 0) is 23.1 Å². The first kappa shape index (κ1) is 26.6. The van der Waals surface area contributed by atoms with Crippen molar-refractivity contribution in [3.8, 4) is 0 Å². The second-order valence-corrected chi connectivity index (χ2v) is 8.81. The third-order valence-electron chi connectivity index (χ3n) is 4.90. The minimum absolute atomic E-state index is 0. The minimum atomic E-state index is -0.880. The Kier molecular flexibility index (Phi) is 13.6. The molecule has 0 aliphatic carbocycles. The van der Waals surface area contributed by atoms with Crippen molar-refractivity contribution in [3.05, 3.63) is 71.8 Å². The predicted molar refractivity (Wildman–Crippen MR) is 140 cm³/mol. The van der Waals surface area contributed by atoms with Crippen LogP contribution in [0.2, 0.25) is 0 Å². The molecule has 0 bridgehead atoms. The molecule has 5 nitrogen and oxygen atoms in total. The third kappa shape index (κ3) is 10.5. The highest BCUT2D eigenvalue weighted by Gasteiger charge is 2.10. The third-order valence-corrected chi connectivity index (χ3v) is 6.21. The highest BCUT2D eigenvalue weighted by molar-refractivity contribution is 14.0. The fourth-order valence-corrected chi connectivity index (χ4v) is 4.02. The molecule has 0 aromatic heterocycles. The molecule has 0 radical (unpaired) electrons. The summed E-state index contributed by atoms with van der Waals surface area (Å²) >= 11 is 0. The van der Waals surface area contributed by atoms with Gasteiger partial charge >= 0.3 is 0 Å². The molecule has 0 aliphatic heterocycles. The number of benzene rings is 2. The Morgan fingerprint density at radius 3 is 2.17 bits per heavy atom. The molecule has 0 heterocycles. The monoisotopic (exact) mass is 542 g/mol. The fraction of sp³-hybridized carbons (Fsp3) is 0.435.